The Morgan fingerprint density at radius 2 is 2.29 bits per heavy atom. The smallest absolute Gasteiger partial charge is 0.236 e. The second-order valence-electron chi connectivity index (χ2n) is 3.85. The van der Waals surface area contributed by atoms with Crippen molar-refractivity contribution in [1.29, 1.82) is 0 Å². The monoisotopic (exact) mass is 251 g/mol. The van der Waals surface area contributed by atoms with Crippen LogP contribution in [0, 0.1) is 0 Å². The lowest BCUT2D eigenvalue weighted by molar-refractivity contribution is 0.00361. The van der Waals surface area contributed by atoms with Crippen molar-refractivity contribution in [2.75, 3.05) is 33.0 Å². The van der Waals surface area contributed by atoms with Gasteiger partial charge in [-0.3, -0.25) is 4.90 Å². The highest BCUT2D eigenvalue weighted by Crippen LogP contribution is 2.26. The van der Waals surface area contributed by atoms with Crippen molar-refractivity contribution in [2.45, 2.75) is 0 Å². The van der Waals surface area contributed by atoms with Crippen molar-refractivity contribution in [3.05, 3.63) is 18.3 Å². The molecule has 0 unspecified atom stereocenters. The van der Waals surface area contributed by atoms with E-state index in [1.807, 2.05) is 12.1 Å². The largest absolute Gasteiger partial charge is 0.460 e. The Morgan fingerprint density at radius 1 is 1.41 bits per heavy atom. The summed E-state index contributed by atoms with van der Waals surface area (Å²) in [7, 11) is 0. The van der Waals surface area contributed by atoms with Gasteiger partial charge in [0.25, 0.3) is 0 Å². The van der Waals surface area contributed by atoms with Crippen LogP contribution in [0.1, 0.15) is 0 Å². The highest BCUT2D eigenvalue weighted by molar-refractivity contribution is 7.13. The Morgan fingerprint density at radius 3 is 3.18 bits per heavy atom. The maximum absolute atomic E-state index is 5.73. The number of morpholine rings is 1. The van der Waals surface area contributed by atoms with Crippen LogP contribution in [0.3, 0.4) is 0 Å². The van der Waals surface area contributed by atoms with Gasteiger partial charge in [0.1, 0.15) is 11.6 Å². The molecule has 0 aliphatic carbocycles. The highest BCUT2D eigenvalue weighted by Gasteiger charge is 2.13. The molecule has 0 saturated carbocycles. The molecule has 0 N–H and O–H groups in total. The molecule has 1 aliphatic rings. The molecule has 6 heteroatoms. The summed E-state index contributed by atoms with van der Waals surface area (Å²) in [4.78, 5) is 7.37. The third-order valence-corrected chi connectivity index (χ3v) is 3.46. The normalized spacial score (nSPS) is 17.4. The summed E-state index contributed by atoms with van der Waals surface area (Å²) in [5, 5.41) is 0.991. The van der Waals surface area contributed by atoms with E-state index in [0.717, 1.165) is 36.5 Å². The molecule has 17 heavy (non-hydrogen) atoms. The lowest BCUT2D eigenvalue weighted by atomic mass is 10.4. The molecule has 3 heterocycles. The number of hydrogen-bond donors (Lipinski definition) is 0. The van der Waals surface area contributed by atoms with Crippen molar-refractivity contribution in [2.24, 2.45) is 0 Å². The molecule has 0 aromatic carbocycles. The predicted molar refractivity (Wildman–Crippen MR) is 65.3 cm³/mol. The second kappa shape index (κ2) is 4.95. The summed E-state index contributed by atoms with van der Waals surface area (Å²) in [5.74, 6) is 0.685. The minimum atomic E-state index is 0.567. The number of aromatic nitrogens is 2. The molecule has 5 nitrogen and oxygen atoms in total. The van der Waals surface area contributed by atoms with E-state index in [0.29, 0.717) is 12.6 Å². The Hall–Kier alpha value is -1.24. The van der Waals surface area contributed by atoms with Gasteiger partial charge in [0.15, 0.2) is 0 Å². The van der Waals surface area contributed by atoms with Gasteiger partial charge in [0.05, 0.1) is 18.6 Å². The summed E-state index contributed by atoms with van der Waals surface area (Å²) < 4.78 is 15.3. The first-order valence-electron chi connectivity index (χ1n) is 5.57. The van der Waals surface area contributed by atoms with Gasteiger partial charge in [-0.15, -0.1) is 0 Å². The lowest BCUT2D eigenvalue weighted by Crippen LogP contribution is -2.38. The van der Waals surface area contributed by atoms with Gasteiger partial charge < -0.3 is 9.47 Å². The van der Waals surface area contributed by atoms with Gasteiger partial charge in [0.2, 0.25) is 5.88 Å². The van der Waals surface area contributed by atoms with Crippen LogP contribution in [-0.4, -0.2) is 47.3 Å². The fourth-order valence-electron chi connectivity index (χ4n) is 1.75. The van der Waals surface area contributed by atoms with E-state index in [9.17, 15) is 0 Å². The van der Waals surface area contributed by atoms with Gasteiger partial charge in [-0.2, -0.15) is 4.37 Å². The SMILES string of the molecule is c1cnc2snc(OCN3CCOCC3)c2c1. The summed E-state index contributed by atoms with van der Waals surface area (Å²) in [6.45, 7) is 3.96. The maximum Gasteiger partial charge on any atom is 0.236 e. The molecule has 90 valence electrons. The zero-order chi connectivity index (χ0) is 11.5. The molecular formula is C11H13N3O2S. The van der Waals surface area contributed by atoms with Gasteiger partial charge >= 0.3 is 0 Å². The lowest BCUT2D eigenvalue weighted by Gasteiger charge is -2.25. The van der Waals surface area contributed by atoms with Crippen LogP contribution in [-0.2, 0) is 4.74 Å². The van der Waals surface area contributed by atoms with E-state index >= 15 is 0 Å². The van der Waals surface area contributed by atoms with Crippen molar-refractivity contribution < 1.29 is 9.47 Å². The molecule has 2 aromatic heterocycles. The first-order chi connectivity index (χ1) is 8.43. The number of pyridine rings is 1. The van der Waals surface area contributed by atoms with Crippen molar-refractivity contribution in [3.63, 3.8) is 0 Å². The third kappa shape index (κ3) is 2.38. The van der Waals surface area contributed by atoms with Gasteiger partial charge in [-0.05, 0) is 23.7 Å². The molecule has 1 saturated heterocycles. The topological polar surface area (TPSA) is 47.5 Å². The Labute approximate surface area is 103 Å². The van der Waals surface area contributed by atoms with E-state index < -0.39 is 0 Å². The fraction of sp³-hybridized carbons (Fsp3) is 0.455. The standard InChI is InChI=1S/C11H13N3O2S/c1-2-9-10(13-17-11(9)12-3-1)16-8-14-4-6-15-7-5-14/h1-3H,4-8H2. The van der Waals surface area contributed by atoms with Gasteiger partial charge in [-0.25, -0.2) is 4.98 Å². The minimum Gasteiger partial charge on any atom is -0.460 e. The molecule has 0 radical (unpaired) electrons. The summed E-state index contributed by atoms with van der Waals surface area (Å²) in [5.41, 5.74) is 0. The highest BCUT2D eigenvalue weighted by atomic mass is 32.1. The zero-order valence-corrected chi connectivity index (χ0v) is 10.2. The Bertz CT molecular complexity index is 496. The van der Waals surface area contributed by atoms with Crippen LogP contribution < -0.4 is 4.74 Å². The third-order valence-electron chi connectivity index (χ3n) is 2.70. The Balaban J connectivity index is 1.68. The summed E-state index contributed by atoms with van der Waals surface area (Å²) >= 11 is 1.37. The maximum atomic E-state index is 5.73. The number of hydrogen-bond acceptors (Lipinski definition) is 6. The molecule has 2 aromatic rings. The quantitative estimate of drug-likeness (QED) is 0.824. The number of fused-ring (bicyclic) bond motifs is 1. The van der Waals surface area contributed by atoms with E-state index in [1.54, 1.807) is 6.20 Å². The first kappa shape index (κ1) is 10.9. The van der Waals surface area contributed by atoms with Gasteiger partial charge in [0, 0.05) is 19.3 Å². The molecule has 0 spiro atoms. The van der Waals surface area contributed by atoms with Crippen LogP contribution in [0.4, 0.5) is 0 Å². The Kier molecular flexibility index (Phi) is 3.17. The first-order valence-corrected chi connectivity index (χ1v) is 6.34. The fourth-order valence-corrected chi connectivity index (χ4v) is 2.43. The summed E-state index contributed by atoms with van der Waals surface area (Å²) in [6.07, 6.45) is 1.77. The van der Waals surface area contributed by atoms with E-state index in [2.05, 4.69) is 14.3 Å². The van der Waals surface area contributed by atoms with Crippen molar-refractivity contribution >= 4 is 21.7 Å². The minimum absolute atomic E-state index is 0.567. The summed E-state index contributed by atoms with van der Waals surface area (Å²) in [6, 6.07) is 3.89. The molecule has 3 rings (SSSR count). The molecule has 1 aliphatic heterocycles. The zero-order valence-electron chi connectivity index (χ0n) is 9.33. The van der Waals surface area contributed by atoms with E-state index in [4.69, 9.17) is 9.47 Å². The van der Waals surface area contributed by atoms with Crippen molar-refractivity contribution in [3.8, 4) is 5.88 Å². The van der Waals surface area contributed by atoms with E-state index in [1.165, 1.54) is 11.5 Å². The molecule has 0 bridgehead atoms. The number of rotatable bonds is 3. The van der Waals surface area contributed by atoms with Crippen LogP contribution in [0.2, 0.25) is 0 Å². The average Bonchev–Trinajstić information content (AvgIpc) is 2.81. The second-order valence-corrected chi connectivity index (χ2v) is 4.60. The predicted octanol–water partition coefficient (Wildman–Crippen LogP) is 1.36. The van der Waals surface area contributed by atoms with Crippen LogP contribution in [0.5, 0.6) is 5.88 Å². The molecule has 0 amide bonds. The van der Waals surface area contributed by atoms with Crippen LogP contribution >= 0.6 is 11.5 Å². The van der Waals surface area contributed by atoms with Crippen LogP contribution in [0.15, 0.2) is 18.3 Å². The van der Waals surface area contributed by atoms with Crippen molar-refractivity contribution in [1.82, 2.24) is 14.3 Å². The molecule has 0 atom stereocenters. The molecule has 1 fully saturated rings. The number of ether oxygens (including phenoxy) is 2. The van der Waals surface area contributed by atoms with E-state index in [-0.39, 0.29) is 0 Å². The average molecular weight is 251 g/mol. The number of nitrogens with zero attached hydrogens (tertiary/aromatic N) is 3. The molecular weight excluding hydrogens is 238 g/mol. The van der Waals surface area contributed by atoms with Crippen LogP contribution in [0.25, 0.3) is 10.2 Å². The van der Waals surface area contributed by atoms with Gasteiger partial charge in [-0.1, -0.05) is 0 Å².